The number of rotatable bonds is 5. The lowest BCUT2D eigenvalue weighted by Crippen LogP contribution is -1.98. The molecule has 0 aliphatic carbocycles. The van der Waals surface area contributed by atoms with Gasteiger partial charge in [-0.05, 0) is 60.4 Å². The summed E-state index contributed by atoms with van der Waals surface area (Å²) < 4.78 is 10.2. The van der Waals surface area contributed by atoms with E-state index in [0.29, 0.717) is 6.61 Å². The van der Waals surface area contributed by atoms with E-state index >= 15 is 0 Å². The van der Waals surface area contributed by atoms with E-state index < -0.39 is 0 Å². The lowest BCUT2D eigenvalue weighted by atomic mass is 9.98. The number of ether oxygens (including phenoxy) is 2. The van der Waals surface area contributed by atoms with E-state index in [0.717, 1.165) is 22.4 Å². The van der Waals surface area contributed by atoms with Crippen LogP contribution in [0.15, 0.2) is 48.5 Å². The van der Waals surface area contributed by atoms with Gasteiger partial charge in [-0.1, -0.05) is 24.3 Å². The molecule has 2 aromatic rings. The molecule has 0 amide bonds. The Morgan fingerprint density at radius 1 is 1.18 bits per heavy atom. The molecule has 3 nitrogen and oxygen atoms in total. The highest BCUT2D eigenvalue weighted by atomic mass is 16.5. The Balaban J connectivity index is 2.32. The molecule has 114 valence electrons. The number of hydrogen-bond donors (Lipinski definition) is 0. The van der Waals surface area contributed by atoms with Crippen molar-refractivity contribution in [1.29, 1.82) is 0 Å². The molecule has 0 aliphatic heterocycles. The molecule has 0 unspecified atom stereocenters. The van der Waals surface area contributed by atoms with Crippen molar-refractivity contribution in [2.45, 2.75) is 13.8 Å². The fraction of sp³-hybridized carbons (Fsp3) is 0.211. The smallest absolute Gasteiger partial charge is 0.330 e. The van der Waals surface area contributed by atoms with E-state index in [9.17, 15) is 4.79 Å². The van der Waals surface area contributed by atoms with Crippen LogP contribution in [0.5, 0.6) is 5.75 Å². The van der Waals surface area contributed by atoms with Crippen molar-refractivity contribution in [3.05, 3.63) is 59.7 Å². The molecule has 0 saturated carbocycles. The number of carbonyl (C=O) groups is 1. The van der Waals surface area contributed by atoms with Gasteiger partial charge in [0, 0.05) is 6.08 Å². The standard InChI is InChI=1S/C19H20O3/c1-4-22-19(20)11-10-15-9-8-14(2)18(12-15)16-6-5-7-17(13-16)21-3/h5-13H,4H2,1-3H3. The summed E-state index contributed by atoms with van der Waals surface area (Å²) in [4.78, 5) is 11.4. The summed E-state index contributed by atoms with van der Waals surface area (Å²) in [5.41, 5.74) is 4.33. The summed E-state index contributed by atoms with van der Waals surface area (Å²) in [6, 6.07) is 14.0. The Kier molecular flexibility index (Phi) is 5.37. The van der Waals surface area contributed by atoms with Crippen molar-refractivity contribution in [3.63, 3.8) is 0 Å². The van der Waals surface area contributed by atoms with Crippen molar-refractivity contribution >= 4 is 12.0 Å². The fourth-order valence-electron chi connectivity index (χ4n) is 2.20. The van der Waals surface area contributed by atoms with Crippen molar-refractivity contribution in [3.8, 4) is 16.9 Å². The molecule has 0 atom stereocenters. The Labute approximate surface area is 131 Å². The molecule has 0 aromatic heterocycles. The van der Waals surface area contributed by atoms with Crippen LogP contribution in [0.1, 0.15) is 18.1 Å². The molecule has 2 aromatic carbocycles. The van der Waals surface area contributed by atoms with E-state index in [2.05, 4.69) is 13.0 Å². The van der Waals surface area contributed by atoms with Gasteiger partial charge in [-0.15, -0.1) is 0 Å². The van der Waals surface area contributed by atoms with E-state index in [1.54, 1.807) is 20.1 Å². The van der Waals surface area contributed by atoms with Crippen LogP contribution in [0, 0.1) is 6.92 Å². The number of methoxy groups -OCH3 is 1. The van der Waals surface area contributed by atoms with Gasteiger partial charge < -0.3 is 9.47 Å². The Bertz CT molecular complexity index is 687. The average molecular weight is 296 g/mol. The highest BCUT2D eigenvalue weighted by Gasteiger charge is 2.04. The van der Waals surface area contributed by atoms with Crippen LogP contribution in [0.3, 0.4) is 0 Å². The van der Waals surface area contributed by atoms with Gasteiger partial charge in [0.05, 0.1) is 13.7 Å². The summed E-state index contributed by atoms with van der Waals surface area (Å²) in [7, 11) is 1.66. The zero-order valence-electron chi connectivity index (χ0n) is 13.1. The van der Waals surface area contributed by atoms with Crippen LogP contribution in [-0.2, 0) is 9.53 Å². The number of esters is 1. The topological polar surface area (TPSA) is 35.5 Å². The monoisotopic (exact) mass is 296 g/mol. The van der Waals surface area contributed by atoms with Crippen molar-refractivity contribution in [1.82, 2.24) is 0 Å². The molecule has 0 aliphatic rings. The minimum Gasteiger partial charge on any atom is -0.497 e. The third-order valence-electron chi connectivity index (χ3n) is 3.34. The molecule has 0 heterocycles. The lowest BCUT2D eigenvalue weighted by Gasteiger charge is -2.09. The third-order valence-corrected chi connectivity index (χ3v) is 3.34. The predicted molar refractivity (Wildman–Crippen MR) is 88.8 cm³/mol. The molecular formula is C19H20O3. The van der Waals surface area contributed by atoms with Crippen LogP contribution in [0.25, 0.3) is 17.2 Å². The highest BCUT2D eigenvalue weighted by molar-refractivity contribution is 5.87. The first-order chi connectivity index (χ1) is 10.6. The number of benzene rings is 2. The first kappa shape index (κ1) is 15.8. The quantitative estimate of drug-likeness (QED) is 0.611. The number of aryl methyl sites for hydroxylation is 1. The predicted octanol–water partition coefficient (Wildman–Crippen LogP) is 4.25. The second-order valence-electron chi connectivity index (χ2n) is 4.89. The SMILES string of the molecule is CCOC(=O)C=Cc1ccc(C)c(-c2cccc(OC)c2)c1. The highest BCUT2D eigenvalue weighted by Crippen LogP contribution is 2.28. The van der Waals surface area contributed by atoms with E-state index in [1.807, 2.05) is 36.4 Å². The summed E-state index contributed by atoms with van der Waals surface area (Å²) in [6.45, 7) is 4.23. The summed E-state index contributed by atoms with van der Waals surface area (Å²) in [5, 5.41) is 0. The van der Waals surface area contributed by atoms with Crippen LogP contribution in [0.2, 0.25) is 0 Å². The molecular weight excluding hydrogens is 276 g/mol. The van der Waals surface area contributed by atoms with Gasteiger partial charge in [-0.2, -0.15) is 0 Å². The maximum absolute atomic E-state index is 11.4. The minimum atomic E-state index is -0.328. The largest absolute Gasteiger partial charge is 0.497 e. The zero-order valence-corrected chi connectivity index (χ0v) is 13.1. The molecule has 0 fully saturated rings. The molecule has 3 heteroatoms. The van der Waals surface area contributed by atoms with Crippen molar-refractivity contribution < 1.29 is 14.3 Å². The molecule has 0 radical (unpaired) electrons. The number of hydrogen-bond acceptors (Lipinski definition) is 3. The van der Waals surface area contributed by atoms with Gasteiger partial charge in [-0.3, -0.25) is 0 Å². The van der Waals surface area contributed by atoms with Crippen LogP contribution in [0.4, 0.5) is 0 Å². The van der Waals surface area contributed by atoms with Crippen LogP contribution in [-0.4, -0.2) is 19.7 Å². The molecule has 0 N–H and O–H groups in total. The first-order valence-corrected chi connectivity index (χ1v) is 7.24. The average Bonchev–Trinajstić information content (AvgIpc) is 2.54. The summed E-state index contributed by atoms with van der Waals surface area (Å²) in [5.74, 6) is 0.496. The second-order valence-corrected chi connectivity index (χ2v) is 4.89. The molecule has 0 spiro atoms. The molecule has 0 bridgehead atoms. The van der Waals surface area contributed by atoms with Crippen LogP contribution >= 0.6 is 0 Å². The Morgan fingerprint density at radius 3 is 2.73 bits per heavy atom. The third kappa shape index (κ3) is 3.98. The van der Waals surface area contributed by atoms with Crippen molar-refractivity contribution in [2.75, 3.05) is 13.7 Å². The van der Waals surface area contributed by atoms with Gasteiger partial charge in [0.25, 0.3) is 0 Å². The zero-order chi connectivity index (χ0) is 15.9. The molecule has 0 saturated heterocycles. The second kappa shape index (κ2) is 7.46. The fourth-order valence-corrected chi connectivity index (χ4v) is 2.20. The lowest BCUT2D eigenvalue weighted by molar-refractivity contribution is -0.137. The Morgan fingerprint density at radius 2 is 2.00 bits per heavy atom. The van der Waals surface area contributed by atoms with E-state index in [1.165, 1.54) is 11.6 Å². The maximum Gasteiger partial charge on any atom is 0.330 e. The van der Waals surface area contributed by atoms with Crippen molar-refractivity contribution in [2.24, 2.45) is 0 Å². The number of carbonyl (C=O) groups excluding carboxylic acids is 1. The minimum absolute atomic E-state index is 0.328. The molecule has 22 heavy (non-hydrogen) atoms. The summed E-state index contributed by atoms with van der Waals surface area (Å²) in [6.07, 6.45) is 3.21. The normalized spacial score (nSPS) is 10.7. The maximum atomic E-state index is 11.4. The van der Waals surface area contributed by atoms with E-state index in [4.69, 9.17) is 9.47 Å². The van der Waals surface area contributed by atoms with Gasteiger partial charge in [0.2, 0.25) is 0 Å². The van der Waals surface area contributed by atoms with Gasteiger partial charge in [-0.25, -0.2) is 4.79 Å². The van der Waals surface area contributed by atoms with Crippen LogP contribution < -0.4 is 4.74 Å². The molecule has 2 rings (SSSR count). The summed E-state index contributed by atoms with van der Waals surface area (Å²) >= 11 is 0. The van der Waals surface area contributed by atoms with Gasteiger partial charge in [0.15, 0.2) is 0 Å². The first-order valence-electron chi connectivity index (χ1n) is 7.24. The van der Waals surface area contributed by atoms with E-state index in [-0.39, 0.29) is 5.97 Å². The Hall–Kier alpha value is -2.55. The van der Waals surface area contributed by atoms with Gasteiger partial charge in [0.1, 0.15) is 5.75 Å². The van der Waals surface area contributed by atoms with Gasteiger partial charge >= 0.3 is 5.97 Å².